The summed E-state index contributed by atoms with van der Waals surface area (Å²) in [4.78, 5) is 8.20. The Kier molecular flexibility index (Phi) is 5.35. The molecule has 1 aromatic heterocycles. The van der Waals surface area contributed by atoms with Gasteiger partial charge in [-0.2, -0.15) is 0 Å². The quantitative estimate of drug-likeness (QED) is 0.781. The van der Waals surface area contributed by atoms with E-state index < -0.39 is 5.60 Å². The van der Waals surface area contributed by atoms with E-state index in [2.05, 4.69) is 29.1 Å². The number of nitrogens with one attached hydrogen (secondary N) is 1. The van der Waals surface area contributed by atoms with Gasteiger partial charge in [0.05, 0.1) is 5.60 Å². The Labute approximate surface area is 114 Å². The molecule has 0 aliphatic heterocycles. The second-order valence-electron chi connectivity index (χ2n) is 5.41. The zero-order valence-corrected chi connectivity index (χ0v) is 12.3. The Morgan fingerprint density at radius 1 is 1.44 bits per heavy atom. The minimum atomic E-state index is -0.740. The van der Waals surface area contributed by atoms with E-state index >= 15 is 0 Å². The lowest BCUT2D eigenvalue weighted by molar-refractivity contribution is 0.0585. The minimum Gasteiger partial charge on any atom is -0.388 e. The van der Waals surface area contributed by atoms with Crippen LogP contribution in [0, 0.1) is 12.8 Å². The van der Waals surface area contributed by atoms with Crippen LogP contribution in [-0.2, 0) is 0 Å². The van der Waals surface area contributed by atoms with Crippen molar-refractivity contribution in [2.24, 2.45) is 5.92 Å². The second kappa shape index (κ2) is 6.34. The Morgan fingerprint density at radius 3 is 2.67 bits per heavy atom. The van der Waals surface area contributed by atoms with Gasteiger partial charge >= 0.3 is 0 Å². The number of hydrogen-bond acceptors (Lipinski definition) is 4. The third kappa shape index (κ3) is 5.65. The van der Waals surface area contributed by atoms with Crippen molar-refractivity contribution in [3.05, 3.63) is 17.0 Å². The summed E-state index contributed by atoms with van der Waals surface area (Å²) in [5.74, 6) is 1.86. The van der Waals surface area contributed by atoms with Gasteiger partial charge in [-0.1, -0.05) is 25.4 Å². The number of hydrogen-bond donors (Lipinski definition) is 2. The average Bonchev–Trinajstić information content (AvgIpc) is 2.23. The normalized spacial score (nSPS) is 14.6. The highest BCUT2D eigenvalue weighted by atomic mass is 35.5. The van der Waals surface area contributed by atoms with Gasteiger partial charge in [-0.25, -0.2) is 9.97 Å². The lowest BCUT2D eigenvalue weighted by atomic mass is 9.95. The fourth-order valence-electron chi connectivity index (χ4n) is 1.59. The molecular formula is C13H22ClN3O. The summed E-state index contributed by atoms with van der Waals surface area (Å²) in [5.41, 5.74) is -0.740. The molecule has 0 amide bonds. The van der Waals surface area contributed by atoms with Crippen molar-refractivity contribution in [2.75, 3.05) is 11.9 Å². The summed E-state index contributed by atoms with van der Waals surface area (Å²) in [6, 6.07) is 1.66. The standard InChI is InChI=1S/C13H22ClN3O/c1-9(2)5-6-13(4,18)8-15-12-7-11(14)16-10(3)17-12/h7,9,18H,5-6,8H2,1-4H3,(H,15,16,17). The van der Waals surface area contributed by atoms with Gasteiger partial charge in [0.15, 0.2) is 0 Å². The van der Waals surface area contributed by atoms with Crippen molar-refractivity contribution in [1.82, 2.24) is 9.97 Å². The number of aryl methyl sites for hydroxylation is 1. The highest BCUT2D eigenvalue weighted by Gasteiger charge is 2.20. The van der Waals surface area contributed by atoms with E-state index in [1.165, 1.54) is 0 Å². The molecule has 0 radical (unpaired) electrons. The third-order valence-electron chi connectivity index (χ3n) is 2.72. The molecule has 0 saturated heterocycles. The minimum absolute atomic E-state index is 0.409. The van der Waals surface area contributed by atoms with Gasteiger partial charge in [0, 0.05) is 12.6 Å². The molecule has 0 saturated carbocycles. The summed E-state index contributed by atoms with van der Waals surface area (Å²) >= 11 is 5.85. The topological polar surface area (TPSA) is 58.0 Å². The van der Waals surface area contributed by atoms with Gasteiger partial charge in [-0.15, -0.1) is 0 Å². The maximum absolute atomic E-state index is 10.2. The number of nitrogens with zero attached hydrogens (tertiary/aromatic N) is 2. The lowest BCUT2D eigenvalue weighted by Crippen LogP contribution is -2.34. The van der Waals surface area contributed by atoms with Gasteiger partial charge in [0.25, 0.3) is 0 Å². The highest BCUT2D eigenvalue weighted by Crippen LogP contribution is 2.18. The average molecular weight is 272 g/mol. The Bertz CT molecular complexity index is 374. The van der Waals surface area contributed by atoms with Crippen LogP contribution in [-0.4, -0.2) is 27.2 Å². The van der Waals surface area contributed by atoms with E-state index in [0.717, 1.165) is 12.8 Å². The molecule has 1 unspecified atom stereocenters. The van der Waals surface area contributed by atoms with Crippen LogP contribution in [0.2, 0.25) is 5.15 Å². The molecule has 1 rings (SSSR count). The van der Waals surface area contributed by atoms with Crippen molar-refractivity contribution >= 4 is 17.4 Å². The first-order valence-electron chi connectivity index (χ1n) is 6.26. The Balaban J connectivity index is 2.52. The highest BCUT2D eigenvalue weighted by molar-refractivity contribution is 6.29. The van der Waals surface area contributed by atoms with Gasteiger partial charge in [-0.05, 0) is 32.6 Å². The van der Waals surface area contributed by atoms with Gasteiger partial charge < -0.3 is 10.4 Å². The first-order chi connectivity index (χ1) is 8.28. The zero-order valence-electron chi connectivity index (χ0n) is 11.5. The van der Waals surface area contributed by atoms with Crippen LogP contribution in [0.15, 0.2) is 6.07 Å². The molecular weight excluding hydrogens is 250 g/mol. The van der Waals surface area contributed by atoms with Gasteiger partial charge in [0.1, 0.15) is 16.8 Å². The summed E-state index contributed by atoms with van der Waals surface area (Å²) in [6.45, 7) is 8.37. The summed E-state index contributed by atoms with van der Waals surface area (Å²) in [6.07, 6.45) is 1.76. The lowest BCUT2D eigenvalue weighted by Gasteiger charge is -2.24. The molecule has 5 heteroatoms. The monoisotopic (exact) mass is 271 g/mol. The SMILES string of the molecule is Cc1nc(Cl)cc(NCC(C)(O)CCC(C)C)n1. The van der Waals surface area contributed by atoms with Crippen LogP contribution in [0.5, 0.6) is 0 Å². The number of rotatable bonds is 6. The molecule has 1 heterocycles. The van der Waals surface area contributed by atoms with Gasteiger partial charge in [0.2, 0.25) is 0 Å². The fraction of sp³-hybridized carbons (Fsp3) is 0.692. The molecule has 2 N–H and O–H groups in total. The van der Waals surface area contributed by atoms with E-state index in [4.69, 9.17) is 11.6 Å². The molecule has 0 fully saturated rings. The first kappa shape index (κ1) is 15.2. The summed E-state index contributed by atoms with van der Waals surface area (Å²) < 4.78 is 0. The van der Waals surface area contributed by atoms with Crippen LogP contribution in [0.4, 0.5) is 5.82 Å². The zero-order chi connectivity index (χ0) is 13.8. The first-order valence-corrected chi connectivity index (χ1v) is 6.64. The maximum atomic E-state index is 10.2. The molecule has 0 aliphatic carbocycles. The fourth-order valence-corrected chi connectivity index (χ4v) is 1.82. The molecule has 4 nitrogen and oxygen atoms in total. The molecule has 0 spiro atoms. The summed E-state index contributed by atoms with van der Waals surface area (Å²) in [5, 5.41) is 13.7. The molecule has 18 heavy (non-hydrogen) atoms. The number of anilines is 1. The largest absolute Gasteiger partial charge is 0.388 e. The van der Waals surface area contributed by atoms with Crippen molar-refractivity contribution in [1.29, 1.82) is 0 Å². The smallest absolute Gasteiger partial charge is 0.134 e. The van der Waals surface area contributed by atoms with Crippen LogP contribution >= 0.6 is 11.6 Å². The van der Waals surface area contributed by atoms with Crippen molar-refractivity contribution in [3.63, 3.8) is 0 Å². The Morgan fingerprint density at radius 2 is 2.11 bits per heavy atom. The summed E-state index contributed by atoms with van der Waals surface area (Å²) in [7, 11) is 0. The van der Waals surface area contributed by atoms with E-state index in [-0.39, 0.29) is 0 Å². The van der Waals surface area contributed by atoms with E-state index in [0.29, 0.717) is 29.3 Å². The van der Waals surface area contributed by atoms with Crippen LogP contribution in [0.1, 0.15) is 39.4 Å². The van der Waals surface area contributed by atoms with E-state index in [1.807, 2.05) is 6.92 Å². The van der Waals surface area contributed by atoms with Crippen molar-refractivity contribution in [2.45, 2.75) is 46.1 Å². The molecule has 0 aromatic carbocycles. The molecule has 1 atom stereocenters. The predicted molar refractivity (Wildman–Crippen MR) is 75.0 cm³/mol. The van der Waals surface area contributed by atoms with Crippen LogP contribution in [0.25, 0.3) is 0 Å². The van der Waals surface area contributed by atoms with Crippen LogP contribution < -0.4 is 5.32 Å². The molecule has 1 aromatic rings. The van der Waals surface area contributed by atoms with Crippen molar-refractivity contribution in [3.8, 4) is 0 Å². The molecule has 102 valence electrons. The third-order valence-corrected chi connectivity index (χ3v) is 2.91. The number of aromatic nitrogens is 2. The van der Waals surface area contributed by atoms with Crippen molar-refractivity contribution < 1.29 is 5.11 Å². The number of aliphatic hydroxyl groups is 1. The number of halogens is 1. The maximum Gasteiger partial charge on any atom is 0.134 e. The van der Waals surface area contributed by atoms with Crippen LogP contribution in [0.3, 0.4) is 0 Å². The molecule has 0 aliphatic rings. The predicted octanol–water partition coefficient (Wildman–Crippen LogP) is 3.04. The van der Waals surface area contributed by atoms with Gasteiger partial charge in [-0.3, -0.25) is 0 Å². The van der Waals surface area contributed by atoms with E-state index in [1.54, 1.807) is 13.0 Å². The second-order valence-corrected chi connectivity index (χ2v) is 5.79. The van der Waals surface area contributed by atoms with E-state index in [9.17, 15) is 5.11 Å². The molecule has 0 bridgehead atoms. The Hall–Kier alpha value is -0.870.